The first-order chi connectivity index (χ1) is 20.0. The molecule has 12 heteroatoms. The molecule has 42 heavy (non-hydrogen) atoms. The van der Waals surface area contributed by atoms with Gasteiger partial charge in [0.2, 0.25) is 0 Å². The van der Waals surface area contributed by atoms with Crippen molar-refractivity contribution >= 4 is 16.8 Å². The molecule has 3 heterocycles. The first-order valence-electron chi connectivity index (χ1n) is 13.8. The molecule has 1 N–H and O–H groups in total. The Morgan fingerprint density at radius 2 is 1.52 bits per heavy atom. The monoisotopic (exact) mass is 594 g/mol. The van der Waals surface area contributed by atoms with E-state index in [0.29, 0.717) is 51.4 Å². The number of morpholine rings is 1. The van der Waals surface area contributed by atoms with Crippen LogP contribution in [-0.2, 0) is 23.5 Å². The number of hydrogen-bond donors (Lipinski definition) is 1. The highest BCUT2D eigenvalue weighted by molar-refractivity contribution is 5.95. The third-order valence-corrected chi connectivity index (χ3v) is 7.79. The van der Waals surface area contributed by atoms with Gasteiger partial charge < -0.3 is 14.6 Å². The lowest BCUT2D eigenvalue weighted by atomic mass is 9.98. The highest BCUT2D eigenvalue weighted by Gasteiger charge is 2.39. The SMILES string of the molecule is O=C(c1cc(C(F)(F)F)cc(C(F)(F)F)c1)N1CCN(C/C=C/CN2CCOCC2)C[C@H]1Cc1c[nH]c2ccccc12. The minimum Gasteiger partial charge on any atom is -0.379 e. The fourth-order valence-corrected chi connectivity index (χ4v) is 5.56. The van der Waals surface area contributed by atoms with Crippen molar-refractivity contribution in [3.8, 4) is 0 Å². The number of carbonyl (C=O) groups is 1. The molecular weight excluding hydrogens is 562 g/mol. The normalized spacial score (nSPS) is 19.7. The van der Waals surface area contributed by atoms with Gasteiger partial charge in [-0.25, -0.2) is 0 Å². The zero-order valence-electron chi connectivity index (χ0n) is 22.8. The van der Waals surface area contributed by atoms with Crippen molar-refractivity contribution in [2.45, 2.75) is 24.8 Å². The van der Waals surface area contributed by atoms with Crippen LogP contribution in [0.4, 0.5) is 26.3 Å². The number of amides is 1. The molecule has 0 saturated carbocycles. The van der Waals surface area contributed by atoms with Crippen molar-refractivity contribution < 1.29 is 35.9 Å². The molecule has 2 aliphatic rings. The van der Waals surface area contributed by atoms with E-state index in [-0.39, 0.29) is 12.6 Å². The Kier molecular flexibility index (Phi) is 8.95. The molecule has 0 unspecified atom stereocenters. The maximum absolute atomic E-state index is 13.6. The summed E-state index contributed by atoms with van der Waals surface area (Å²) in [6.45, 7) is 5.55. The zero-order chi connectivity index (χ0) is 29.9. The van der Waals surface area contributed by atoms with Crippen LogP contribution in [0.3, 0.4) is 0 Å². The van der Waals surface area contributed by atoms with Crippen molar-refractivity contribution in [1.82, 2.24) is 19.7 Å². The summed E-state index contributed by atoms with van der Waals surface area (Å²) in [5.41, 5.74) is -1.81. The molecule has 1 aromatic heterocycles. The van der Waals surface area contributed by atoms with Gasteiger partial charge in [0.25, 0.3) is 5.91 Å². The fraction of sp³-hybridized carbons (Fsp3) is 0.433. The number of nitrogens with one attached hydrogen (secondary N) is 1. The molecule has 5 rings (SSSR count). The minimum atomic E-state index is -5.04. The van der Waals surface area contributed by atoms with Crippen LogP contribution >= 0.6 is 0 Å². The van der Waals surface area contributed by atoms with E-state index in [1.165, 1.54) is 4.90 Å². The molecule has 226 valence electrons. The third-order valence-electron chi connectivity index (χ3n) is 7.79. The molecular formula is C30H32F6N4O2. The van der Waals surface area contributed by atoms with Crippen LogP contribution in [0, 0.1) is 0 Å². The van der Waals surface area contributed by atoms with Crippen LogP contribution in [0.1, 0.15) is 27.0 Å². The Labute approximate surface area is 239 Å². The van der Waals surface area contributed by atoms with Gasteiger partial charge in [0.15, 0.2) is 0 Å². The Balaban J connectivity index is 1.38. The van der Waals surface area contributed by atoms with Gasteiger partial charge in [-0.1, -0.05) is 30.4 Å². The summed E-state index contributed by atoms with van der Waals surface area (Å²) in [5, 5.41) is 0.950. The van der Waals surface area contributed by atoms with Crippen LogP contribution < -0.4 is 0 Å². The first kappa shape index (κ1) is 30.1. The second kappa shape index (κ2) is 12.5. The van der Waals surface area contributed by atoms with Crippen LogP contribution in [-0.4, -0.2) is 90.7 Å². The Bertz CT molecular complexity index is 1380. The molecule has 1 amide bonds. The number of aromatic amines is 1. The van der Waals surface area contributed by atoms with Crippen molar-refractivity contribution in [2.75, 3.05) is 59.0 Å². The van der Waals surface area contributed by atoms with Gasteiger partial charge in [-0.05, 0) is 36.2 Å². The number of benzene rings is 2. The molecule has 6 nitrogen and oxygen atoms in total. The van der Waals surface area contributed by atoms with Gasteiger partial charge in [-0.15, -0.1) is 0 Å². The number of H-pyrrole nitrogens is 1. The lowest BCUT2D eigenvalue weighted by molar-refractivity contribution is -0.143. The van der Waals surface area contributed by atoms with E-state index < -0.39 is 41.0 Å². The molecule has 0 aliphatic carbocycles. The van der Waals surface area contributed by atoms with Gasteiger partial charge in [-0.3, -0.25) is 14.6 Å². The Morgan fingerprint density at radius 1 is 0.881 bits per heavy atom. The van der Waals surface area contributed by atoms with Crippen LogP contribution in [0.15, 0.2) is 60.8 Å². The number of carbonyl (C=O) groups excluding carboxylic acids is 1. The van der Waals surface area contributed by atoms with Gasteiger partial charge in [0, 0.05) is 74.5 Å². The summed E-state index contributed by atoms with van der Waals surface area (Å²) < 4.78 is 86.5. The highest BCUT2D eigenvalue weighted by atomic mass is 19.4. The Hall–Kier alpha value is -3.35. The molecule has 0 bridgehead atoms. The highest BCUT2D eigenvalue weighted by Crippen LogP contribution is 2.37. The number of hydrogen-bond acceptors (Lipinski definition) is 4. The average Bonchev–Trinajstić information content (AvgIpc) is 3.37. The summed E-state index contributed by atoms with van der Waals surface area (Å²) in [6, 6.07) is 8.22. The number of rotatable bonds is 7. The van der Waals surface area contributed by atoms with E-state index in [2.05, 4.69) is 26.9 Å². The van der Waals surface area contributed by atoms with Crippen molar-refractivity contribution in [2.24, 2.45) is 0 Å². The van der Waals surface area contributed by atoms with E-state index in [9.17, 15) is 31.1 Å². The van der Waals surface area contributed by atoms with Crippen molar-refractivity contribution in [1.29, 1.82) is 0 Å². The second-order valence-corrected chi connectivity index (χ2v) is 10.7. The van der Waals surface area contributed by atoms with Gasteiger partial charge in [0.1, 0.15) is 0 Å². The molecule has 0 spiro atoms. The summed E-state index contributed by atoms with van der Waals surface area (Å²) in [5.74, 6) is -0.848. The van der Waals surface area contributed by atoms with Crippen LogP contribution in [0.2, 0.25) is 0 Å². The molecule has 2 saturated heterocycles. The number of nitrogens with zero attached hydrogens (tertiary/aromatic N) is 3. The summed E-state index contributed by atoms with van der Waals surface area (Å²) in [6.07, 6.45) is -3.72. The molecule has 0 radical (unpaired) electrons. The van der Waals surface area contributed by atoms with Gasteiger partial charge >= 0.3 is 12.4 Å². The topological polar surface area (TPSA) is 51.8 Å². The van der Waals surface area contributed by atoms with E-state index in [0.717, 1.165) is 36.1 Å². The zero-order valence-corrected chi connectivity index (χ0v) is 22.8. The number of halogens is 6. The summed E-state index contributed by atoms with van der Waals surface area (Å²) in [7, 11) is 0. The molecule has 1 atom stereocenters. The average molecular weight is 595 g/mol. The number of para-hydroxylation sites is 1. The van der Waals surface area contributed by atoms with Gasteiger partial charge in [-0.2, -0.15) is 26.3 Å². The van der Waals surface area contributed by atoms with E-state index in [1.807, 2.05) is 30.5 Å². The van der Waals surface area contributed by atoms with Crippen LogP contribution in [0.5, 0.6) is 0 Å². The van der Waals surface area contributed by atoms with Crippen LogP contribution in [0.25, 0.3) is 10.9 Å². The predicted octanol–water partition coefficient (Wildman–Crippen LogP) is 5.46. The molecule has 2 fully saturated rings. The van der Waals surface area contributed by atoms with Crippen molar-refractivity contribution in [3.05, 3.63) is 83.1 Å². The van der Waals surface area contributed by atoms with E-state index >= 15 is 0 Å². The minimum absolute atomic E-state index is 0.0430. The standard InChI is InChI=1S/C30H32F6N4O2/c31-29(32,33)23-15-21(16-24(18-23)30(34,35)36)28(41)40-10-9-39(8-4-3-7-38-11-13-42-14-12-38)20-25(40)17-22-19-37-27-6-2-1-5-26(22)27/h1-6,15-16,18-19,25,37H,7-14,17,20H2/b4-3+/t25-/m1/s1. The second-order valence-electron chi connectivity index (χ2n) is 10.7. The lowest BCUT2D eigenvalue weighted by Crippen LogP contribution is -2.56. The summed E-state index contributed by atoms with van der Waals surface area (Å²) in [4.78, 5) is 22.7. The number of ether oxygens (including phenoxy) is 1. The fourth-order valence-electron chi connectivity index (χ4n) is 5.56. The quantitative estimate of drug-likeness (QED) is 0.292. The molecule has 2 aliphatic heterocycles. The summed E-state index contributed by atoms with van der Waals surface area (Å²) >= 11 is 0. The molecule has 3 aromatic rings. The van der Waals surface area contributed by atoms with Gasteiger partial charge in [0.05, 0.1) is 24.3 Å². The number of aromatic nitrogens is 1. The first-order valence-corrected chi connectivity index (χ1v) is 13.8. The largest absolute Gasteiger partial charge is 0.416 e. The smallest absolute Gasteiger partial charge is 0.379 e. The number of alkyl halides is 6. The predicted molar refractivity (Wildman–Crippen MR) is 146 cm³/mol. The number of piperazine rings is 1. The lowest BCUT2D eigenvalue weighted by Gasteiger charge is -2.41. The van der Waals surface area contributed by atoms with E-state index in [1.54, 1.807) is 0 Å². The van der Waals surface area contributed by atoms with Crippen molar-refractivity contribution in [3.63, 3.8) is 0 Å². The molecule has 2 aromatic carbocycles. The maximum atomic E-state index is 13.6. The van der Waals surface area contributed by atoms with E-state index in [4.69, 9.17) is 4.74 Å². The third kappa shape index (κ3) is 7.16. The maximum Gasteiger partial charge on any atom is 0.416 e. The Morgan fingerprint density at radius 3 is 2.19 bits per heavy atom. The number of fused-ring (bicyclic) bond motifs is 1.